The normalized spacial score (nSPS) is 12.4. The summed E-state index contributed by atoms with van der Waals surface area (Å²) in [5.41, 5.74) is 3.16. The molecule has 2 aromatic heterocycles. The fourth-order valence-corrected chi connectivity index (χ4v) is 3.51. The highest BCUT2D eigenvalue weighted by Gasteiger charge is 2.16. The van der Waals surface area contributed by atoms with E-state index in [0.29, 0.717) is 16.9 Å². The van der Waals surface area contributed by atoms with E-state index in [9.17, 15) is 4.39 Å². The molecule has 0 unspecified atom stereocenters. The Morgan fingerprint density at radius 1 is 1.00 bits per heavy atom. The van der Waals surface area contributed by atoms with Gasteiger partial charge in [0.2, 0.25) is 0 Å². The van der Waals surface area contributed by atoms with Crippen LogP contribution in [0.3, 0.4) is 0 Å². The van der Waals surface area contributed by atoms with E-state index in [1.807, 2.05) is 18.2 Å². The first kappa shape index (κ1) is 15.7. The zero-order valence-corrected chi connectivity index (χ0v) is 14.2. The number of aromatic nitrogens is 5. The van der Waals surface area contributed by atoms with E-state index >= 15 is 0 Å². The number of hydrogen-bond donors (Lipinski definition) is 0. The van der Waals surface area contributed by atoms with Crippen molar-refractivity contribution in [2.24, 2.45) is 0 Å². The van der Waals surface area contributed by atoms with Gasteiger partial charge in [-0.15, -0.1) is 5.10 Å². The second-order valence-corrected chi connectivity index (χ2v) is 6.83. The van der Waals surface area contributed by atoms with Crippen molar-refractivity contribution in [1.82, 2.24) is 25.0 Å². The molecule has 0 amide bonds. The van der Waals surface area contributed by atoms with Crippen LogP contribution in [0.25, 0.3) is 16.9 Å². The summed E-state index contributed by atoms with van der Waals surface area (Å²) in [6, 6.07) is 16.3. The molecule has 25 heavy (non-hydrogen) atoms. The third kappa shape index (κ3) is 3.10. The summed E-state index contributed by atoms with van der Waals surface area (Å²) in [5, 5.41) is 9.39. The molecular formula is C18H14FN5S. The van der Waals surface area contributed by atoms with Crippen molar-refractivity contribution in [3.8, 4) is 5.69 Å². The molecule has 0 spiro atoms. The SMILES string of the molecule is C[C@H](Sc1ncnc2c1nnn2-c1ccc(F)cc1)c1ccccc1. The largest absolute Gasteiger partial charge is 0.227 e. The van der Waals surface area contributed by atoms with Crippen LogP contribution < -0.4 is 0 Å². The Hall–Kier alpha value is -2.80. The van der Waals surface area contributed by atoms with E-state index in [1.54, 1.807) is 28.6 Å². The van der Waals surface area contributed by atoms with Crippen molar-refractivity contribution in [1.29, 1.82) is 0 Å². The minimum atomic E-state index is -0.296. The predicted octanol–water partition coefficient (Wildman–Crippen LogP) is 4.20. The second-order valence-electron chi connectivity index (χ2n) is 5.50. The predicted molar refractivity (Wildman–Crippen MR) is 95.1 cm³/mol. The van der Waals surface area contributed by atoms with Crippen molar-refractivity contribution < 1.29 is 4.39 Å². The van der Waals surface area contributed by atoms with Gasteiger partial charge in [-0.05, 0) is 36.8 Å². The van der Waals surface area contributed by atoms with E-state index in [1.165, 1.54) is 24.0 Å². The molecule has 1 atom stereocenters. The van der Waals surface area contributed by atoms with Crippen molar-refractivity contribution in [3.05, 3.63) is 72.3 Å². The second kappa shape index (κ2) is 6.60. The summed E-state index contributed by atoms with van der Waals surface area (Å²) < 4.78 is 14.7. The molecule has 0 saturated heterocycles. The van der Waals surface area contributed by atoms with Gasteiger partial charge in [0, 0.05) is 5.25 Å². The van der Waals surface area contributed by atoms with Gasteiger partial charge in [0.25, 0.3) is 0 Å². The average Bonchev–Trinajstić information content (AvgIpc) is 3.08. The number of rotatable bonds is 4. The van der Waals surface area contributed by atoms with Gasteiger partial charge in [-0.25, -0.2) is 14.4 Å². The fraction of sp³-hybridized carbons (Fsp3) is 0.111. The van der Waals surface area contributed by atoms with Crippen LogP contribution in [0.4, 0.5) is 4.39 Å². The molecule has 0 fully saturated rings. The van der Waals surface area contributed by atoms with Crippen molar-refractivity contribution in [2.75, 3.05) is 0 Å². The van der Waals surface area contributed by atoms with Gasteiger partial charge in [0.05, 0.1) is 5.69 Å². The van der Waals surface area contributed by atoms with Crippen LogP contribution in [0.5, 0.6) is 0 Å². The molecule has 4 rings (SSSR count). The van der Waals surface area contributed by atoms with Crippen LogP contribution in [0.1, 0.15) is 17.7 Å². The molecule has 124 valence electrons. The van der Waals surface area contributed by atoms with Crippen LogP contribution in [0, 0.1) is 5.82 Å². The standard InChI is InChI=1S/C18H14FN5S/c1-12(13-5-3-2-4-6-13)25-18-16-17(20-11-21-18)24(23-22-16)15-9-7-14(19)8-10-15/h2-12H,1H3/t12-/m0/s1. The molecule has 0 saturated carbocycles. The van der Waals surface area contributed by atoms with E-state index < -0.39 is 0 Å². The Kier molecular flexibility index (Phi) is 4.15. The molecule has 0 aliphatic carbocycles. The molecule has 0 aliphatic heterocycles. The van der Waals surface area contributed by atoms with E-state index in [2.05, 4.69) is 39.3 Å². The number of nitrogens with zero attached hydrogens (tertiary/aromatic N) is 5. The molecule has 2 aromatic carbocycles. The highest BCUT2D eigenvalue weighted by Crippen LogP contribution is 2.36. The Balaban J connectivity index is 1.71. The van der Waals surface area contributed by atoms with E-state index in [0.717, 1.165) is 5.03 Å². The van der Waals surface area contributed by atoms with Gasteiger partial charge in [-0.3, -0.25) is 0 Å². The Labute approximate surface area is 147 Å². The third-order valence-corrected chi connectivity index (χ3v) is 4.98. The minimum Gasteiger partial charge on any atom is -0.227 e. The zero-order chi connectivity index (χ0) is 17.2. The first-order valence-electron chi connectivity index (χ1n) is 7.76. The van der Waals surface area contributed by atoms with Crippen LogP contribution in [0.2, 0.25) is 0 Å². The number of benzene rings is 2. The molecule has 0 bridgehead atoms. The first-order chi connectivity index (χ1) is 12.2. The van der Waals surface area contributed by atoms with Gasteiger partial charge in [0.1, 0.15) is 17.2 Å². The zero-order valence-electron chi connectivity index (χ0n) is 13.4. The van der Waals surface area contributed by atoms with E-state index in [-0.39, 0.29) is 11.1 Å². The quantitative estimate of drug-likeness (QED) is 0.407. The number of halogens is 1. The van der Waals surface area contributed by atoms with Gasteiger partial charge in [-0.2, -0.15) is 4.68 Å². The summed E-state index contributed by atoms with van der Waals surface area (Å²) in [7, 11) is 0. The number of fused-ring (bicyclic) bond motifs is 1. The molecule has 0 aliphatic rings. The minimum absolute atomic E-state index is 0.218. The molecule has 0 radical (unpaired) electrons. The molecule has 7 heteroatoms. The van der Waals surface area contributed by atoms with Crippen LogP contribution in [-0.4, -0.2) is 25.0 Å². The van der Waals surface area contributed by atoms with Gasteiger partial charge in [0.15, 0.2) is 11.2 Å². The molecule has 0 N–H and O–H groups in total. The van der Waals surface area contributed by atoms with Crippen LogP contribution in [-0.2, 0) is 0 Å². The van der Waals surface area contributed by atoms with Gasteiger partial charge >= 0.3 is 0 Å². The maximum atomic E-state index is 13.1. The Morgan fingerprint density at radius 3 is 2.52 bits per heavy atom. The molecule has 5 nitrogen and oxygen atoms in total. The average molecular weight is 351 g/mol. The molecular weight excluding hydrogens is 337 g/mol. The van der Waals surface area contributed by atoms with E-state index in [4.69, 9.17) is 0 Å². The third-order valence-electron chi connectivity index (χ3n) is 3.83. The maximum absolute atomic E-state index is 13.1. The highest BCUT2D eigenvalue weighted by molar-refractivity contribution is 7.99. The lowest BCUT2D eigenvalue weighted by atomic mass is 10.2. The summed E-state index contributed by atoms with van der Waals surface area (Å²) >= 11 is 1.61. The summed E-state index contributed by atoms with van der Waals surface area (Å²) in [6.45, 7) is 2.12. The lowest BCUT2D eigenvalue weighted by Crippen LogP contribution is -1.98. The molecule has 2 heterocycles. The Bertz CT molecular complexity index is 1000. The summed E-state index contributed by atoms with van der Waals surface area (Å²) in [6.07, 6.45) is 1.51. The fourth-order valence-electron chi connectivity index (χ4n) is 2.53. The summed E-state index contributed by atoms with van der Waals surface area (Å²) in [5.74, 6) is -0.296. The topological polar surface area (TPSA) is 56.5 Å². The summed E-state index contributed by atoms with van der Waals surface area (Å²) in [4.78, 5) is 8.67. The Morgan fingerprint density at radius 2 is 1.76 bits per heavy atom. The maximum Gasteiger partial charge on any atom is 0.187 e. The van der Waals surface area contributed by atoms with Crippen LogP contribution in [0.15, 0.2) is 66.0 Å². The number of hydrogen-bond acceptors (Lipinski definition) is 5. The van der Waals surface area contributed by atoms with Gasteiger partial charge < -0.3 is 0 Å². The molecule has 4 aromatic rings. The first-order valence-corrected chi connectivity index (χ1v) is 8.64. The smallest absolute Gasteiger partial charge is 0.187 e. The van der Waals surface area contributed by atoms with Crippen molar-refractivity contribution in [3.63, 3.8) is 0 Å². The lowest BCUT2D eigenvalue weighted by molar-refractivity contribution is 0.627. The van der Waals surface area contributed by atoms with Crippen molar-refractivity contribution >= 4 is 22.9 Å². The number of thioether (sulfide) groups is 1. The highest BCUT2D eigenvalue weighted by atomic mass is 32.2. The van der Waals surface area contributed by atoms with Crippen LogP contribution >= 0.6 is 11.8 Å². The lowest BCUT2D eigenvalue weighted by Gasteiger charge is -2.10. The van der Waals surface area contributed by atoms with Crippen molar-refractivity contribution in [2.45, 2.75) is 17.2 Å². The monoisotopic (exact) mass is 351 g/mol. The van der Waals surface area contributed by atoms with Gasteiger partial charge in [-0.1, -0.05) is 47.3 Å².